The second kappa shape index (κ2) is 6.14. The number of imidazole rings is 1. The van der Waals surface area contributed by atoms with Gasteiger partial charge in [0.1, 0.15) is 5.65 Å². The average Bonchev–Trinajstić information content (AvgIpc) is 3.10. The second-order valence-electron chi connectivity index (χ2n) is 6.92. The summed E-state index contributed by atoms with van der Waals surface area (Å²) in [6, 6.07) is 15.9. The fourth-order valence-corrected chi connectivity index (χ4v) is 4.03. The molecule has 0 saturated carbocycles. The van der Waals surface area contributed by atoms with Crippen molar-refractivity contribution < 1.29 is 4.74 Å². The van der Waals surface area contributed by atoms with Crippen molar-refractivity contribution in [3.63, 3.8) is 0 Å². The quantitative estimate of drug-likeness (QED) is 0.737. The molecule has 2 atom stereocenters. The molecular weight excluding hydrogens is 310 g/mol. The Kier molecular flexibility index (Phi) is 3.65. The number of aromatic nitrogens is 2. The minimum Gasteiger partial charge on any atom is -0.378 e. The van der Waals surface area contributed by atoms with Crippen molar-refractivity contribution in [3.05, 3.63) is 78.3 Å². The zero-order valence-corrected chi connectivity index (χ0v) is 14.1. The molecule has 0 amide bonds. The van der Waals surface area contributed by atoms with Gasteiger partial charge in [0.25, 0.3) is 0 Å². The Morgan fingerprint density at radius 3 is 2.88 bits per heavy atom. The lowest BCUT2D eigenvalue weighted by molar-refractivity contribution is -0.0402. The zero-order valence-electron chi connectivity index (χ0n) is 14.1. The third-order valence-corrected chi connectivity index (χ3v) is 5.32. The maximum Gasteiger partial charge on any atom is 0.137 e. The van der Waals surface area contributed by atoms with Crippen LogP contribution < -0.4 is 0 Å². The molecule has 4 heterocycles. The first-order chi connectivity index (χ1) is 12.4. The summed E-state index contributed by atoms with van der Waals surface area (Å²) < 4.78 is 7.90. The molecule has 1 fully saturated rings. The maximum atomic E-state index is 5.84. The minimum atomic E-state index is 0.346. The summed E-state index contributed by atoms with van der Waals surface area (Å²) in [4.78, 5) is 7.01. The summed E-state index contributed by atoms with van der Waals surface area (Å²) in [6.07, 6.45) is 9.35. The number of nitrogens with zero attached hydrogens (tertiary/aromatic N) is 3. The van der Waals surface area contributed by atoms with E-state index < -0.39 is 0 Å². The van der Waals surface area contributed by atoms with Gasteiger partial charge < -0.3 is 9.14 Å². The van der Waals surface area contributed by atoms with E-state index in [-0.39, 0.29) is 0 Å². The van der Waals surface area contributed by atoms with E-state index in [1.54, 1.807) is 0 Å². The summed E-state index contributed by atoms with van der Waals surface area (Å²) in [7, 11) is 0. The number of rotatable bonds is 3. The Morgan fingerprint density at radius 2 is 2.00 bits per heavy atom. The SMILES string of the molecule is C1=C(c2ccn3ccnc3c2)CC2COCC1N2Cc1ccccc1. The van der Waals surface area contributed by atoms with E-state index in [4.69, 9.17) is 4.74 Å². The highest BCUT2D eigenvalue weighted by molar-refractivity contribution is 5.70. The van der Waals surface area contributed by atoms with E-state index in [1.165, 1.54) is 16.7 Å². The van der Waals surface area contributed by atoms with Crippen LogP contribution in [-0.2, 0) is 11.3 Å². The van der Waals surface area contributed by atoms with Gasteiger partial charge in [-0.15, -0.1) is 0 Å². The van der Waals surface area contributed by atoms with Crippen molar-refractivity contribution >= 4 is 11.2 Å². The topological polar surface area (TPSA) is 29.8 Å². The van der Waals surface area contributed by atoms with Crippen molar-refractivity contribution in [1.82, 2.24) is 14.3 Å². The molecule has 1 saturated heterocycles. The van der Waals surface area contributed by atoms with Crippen LogP contribution in [-0.4, -0.2) is 39.6 Å². The fourth-order valence-electron chi connectivity index (χ4n) is 4.03. The highest BCUT2D eigenvalue weighted by atomic mass is 16.5. The van der Waals surface area contributed by atoms with Gasteiger partial charge in [-0.05, 0) is 35.3 Å². The lowest BCUT2D eigenvalue weighted by atomic mass is 9.89. The van der Waals surface area contributed by atoms with E-state index in [1.807, 2.05) is 12.4 Å². The smallest absolute Gasteiger partial charge is 0.137 e. The van der Waals surface area contributed by atoms with Gasteiger partial charge in [0.2, 0.25) is 0 Å². The van der Waals surface area contributed by atoms with Crippen molar-refractivity contribution in [2.24, 2.45) is 0 Å². The first-order valence-corrected chi connectivity index (χ1v) is 8.88. The number of hydrogen-bond acceptors (Lipinski definition) is 3. The molecule has 2 unspecified atom stereocenters. The third-order valence-electron chi connectivity index (χ3n) is 5.32. The fraction of sp³-hybridized carbons (Fsp3) is 0.286. The van der Waals surface area contributed by atoms with Gasteiger partial charge in [-0.25, -0.2) is 4.98 Å². The molecule has 0 spiro atoms. The number of morpholine rings is 1. The molecular formula is C21H21N3O. The summed E-state index contributed by atoms with van der Waals surface area (Å²) in [5, 5.41) is 0. The number of pyridine rings is 1. The molecule has 4 nitrogen and oxygen atoms in total. The first kappa shape index (κ1) is 14.9. The Morgan fingerprint density at radius 1 is 1.08 bits per heavy atom. The largest absolute Gasteiger partial charge is 0.378 e. The van der Waals surface area contributed by atoms with E-state index in [2.05, 4.69) is 69.0 Å². The van der Waals surface area contributed by atoms with Gasteiger partial charge in [-0.2, -0.15) is 0 Å². The molecule has 126 valence electrons. The minimum absolute atomic E-state index is 0.346. The number of benzene rings is 1. The molecule has 3 aromatic rings. The molecule has 0 N–H and O–H groups in total. The van der Waals surface area contributed by atoms with Crippen LogP contribution in [0.1, 0.15) is 17.5 Å². The van der Waals surface area contributed by atoms with Crippen LogP contribution in [0.3, 0.4) is 0 Å². The van der Waals surface area contributed by atoms with Crippen LogP contribution in [0.25, 0.3) is 11.2 Å². The standard InChI is InChI=1S/C21H21N3O/c1-2-4-16(5-3-1)13-24-19-10-18(11-20(24)15-25-14-19)17-6-8-23-9-7-22-21(23)12-17/h1-10,12,19-20H,11,13-15H2. The molecule has 2 aromatic heterocycles. The summed E-state index contributed by atoms with van der Waals surface area (Å²) in [5.74, 6) is 0. The van der Waals surface area contributed by atoms with E-state index in [0.29, 0.717) is 12.1 Å². The van der Waals surface area contributed by atoms with Gasteiger partial charge in [0.15, 0.2) is 0 Å². The summed E-state index contributed by atoms with van der Waals surface area (Å²) in [5.41, 5.74) is 5.09. The number of hydrogen-bond donors (Lipinski definition) is 0. The highest BCUT2D eigenvalue weighted by Gasteiger charge is 2.34. The molecule has 0 radical (unpaired) electrons. The van der Waals surface area contributed by atoms with Crippen LogP contribution >= 0.6 is 0 Å². The molecule has 1 aromatic carbocycles. The Hall–Kier alpha value is -2.43. The molecule has 2 aliphatic heterocycles. The molecule has 2 aliphatic rings. The summed E-state index contributed by atoms with van der Waals surface area (Å²) >= 11 is 0. The number of fused-ring (bicyclic) bond motifs is 3. The molecule has 25 heavy (non-hydrogen) atoms. The van der Waals surface area contributed by atoms with Gasteiger partial charge in [-0.1, -0.05) is 36.4 Å². The molecule has 4 heteroatoms. The molecule has 2 bridgehead atoms. The Bertz CT molecular complexity index is 915. The van der Waals surface area contributed by atoms with Crippen molar-refractivity contribution in [1.29, 1.82) is 0 Å². The maximum absolute atomic E-state index is 5.84. The molecule has 5 rings (SSSR count). The van der Waals surface area contributed by atoms with Crippen molar-refractivity contribution in [2.75, 3.05) is 13.2 Å². The summed E-state index contributed by atoms with van der Waals surface area (Å²) in [6.45, 7) is 2.58. The van der Waals surface area contributed by atoms with E-state index in [9.17, 15) is 0 Å². The van der Waals surface area contributed by atoms with Gasteiger partial charge in [-0.3, -0.25) is 4.90 Å². The van der Waals surface area contributed by atoms with Crippen LogP contribution in [0.5, 0.6) is 0 Å². The van der Waals surface area contributed by atoms with Crippen LogP contribution in [0.15, 0.2) is 67.1 Å². The average molecular weight is 331 g/mol. The van der Waals surface area contributed by atoms with Gasteiger partial charge in [0.05, 0.1) is 19.3 Å². The van der Waals surface area contributed by atoms with E-state index >= 15 is 0 Å². The Balaban J connectivity index is 1.45. The van der Waals surface area contributed by atoms with Crippen LogP contribution in [0.4, 0.5) is 0 Å². The lowest BCUT2D eigenvalue weighted by Gasteiger charge is -2.44. The highest BCUT2D eigenvalue weighted by Crippen LogP contribution is 2.33. The normalized spacial score (nSPS) is 23.6. The van der Waals surface area contributed by atoms with Gasteiger partial charge >= 0.3 is 0 Å². The monoisotopic (exact) mass is 331 g/mol. The third kappa shape index (κ3) is 2.77. The lowest BCUT2D eigenvalue weighted by Crippen LogP contribution is -2.53. The van der Waals surface area contributed by atoms with Crippen molar-refractivity contribution in [3.8, 4) is 0 Å². The predicted octanol–water partition coefficient (Wildman–Crippen LogP) is 3.39. The van der Waals surface area contributed by atoms with Crippen molar-refractivity contribution in [2.45, 2.75) is 25.0 Å². The second-order valence-corrected chi connectivity index (χ2v) is 6.92. The number of ether oxygens (including phenoxy) is 1. The predicted molar refractivity (Wildman–Crippen MR) is 98.2 cm³/mol. The van der Waals surface area contributed by atoms with E-state index in [0.717, 1.165) is 31.8 Å². The first-order valence-electron chi connectivity index (χ1n) is 8.88. The van der Waals surface area contributed by atoms with Gasteiger partial charge in [0, 0.05) is 31.2 Å². The van der Waals surface area contributed by atoms with Crippen LogP contribution in [0.2, 0.25) is 0 Å². The zero-order chi connectivity index (χ0) is 16.6. The Labute approximate surface area is 147 Å². The van der Waals surface area contributed by atoms with Crippen LogP contribution in [0, 0.1) is 0 Å². The molecule has 0 aliphatic carbocycles.